The molecule has 20 heavy (non-hydrogen) atoms. The smallest absolute Gasteiger partial charge is 0.257 e. The summed E-state index contributed by atoms with van der Waals surface area (Å²) in [6, 6.07) is 4.77. The normalized spacial score (nSPS) is 14.1. The Kier molecular flexibility index (Phi) is 3.54. The van der Waals surface area contributed by atoms with Gasteiger partial charge in [-0.3, -0.25) is 9.36 Å². The molecule has 0 aliphatic carbocycles. The highest BCUT2D eigenvalue weighted by Crippen LogP contribution is 2.18. The van der Waals surface area contributed by atoms with E-state index in [0.29, 0.717) is 24.1 Å². The van der Waals surface area contributed by atoms with Crippen LogP contribution in [0.25, 0.3) is 0 Å². The van der Waals surface area contributed by atoms with Crippen LogP contribution in [-0.2, 0) is 19.5 Å². The monoisotopic (exact) mass is 293 g/mol. The summed E-state index contributed by atoms with van der Waals surface area (Å²) in [4.78, 5) is 16.6. The van der Waals surface area contributed by atoms with Crippen molar-refractivity contribution in [2.75, 3.05) is 6.54 Å². The average molecular weight is 294 g/mol. The predicted octanol–water partition coefficient (Wildman–Crippen LogP) is 1.73. The number of fused-ring (bicyclic) bond motifs is 1. The zero-order valence-corrected chi connectivity index (χ0v) is 11.5. The third kappa shape index (κ3) is 2.34. The minimum atomic E-state index is -0.486. The second-order valence-corrected chi connectivity index (χ2v) is 5.15. The topological polar surface area (TPSA) is 46.9 Å². The fourth-order valence-corrected chi connectivity index (χ4v) is 2.55. The van der Waals surface area contributed by atoms with Crippen LogP contribution in [0.15, 0.2) is 29.3 Å². The Morgan fingerprint density at radius 3 is 3.15 bits per heavy atom. The first-order chi connectivity index (χ1) is 9.66. The van der Waals surface area contributed by atoms with Crippen LogP contribution in [0.2, 0.25) is 5.02 Å². The third-order valence-electron chi connectivity index (χ3n) is 3.44. The molecule has 0 amide bonds. The summed E-state index contributed by atoms with van der Waals surface area (Å²) in [5.41, 5.74) is 1.78. The molecule has 1 aromatic heterocycles. The van der Waals surface area contributed by atoms with Crippen molar-refractivity contribution in [1.82, 2.24) is 14.9 Å². The number of rotatable bonds is 2. The Labute approximate surface area is 120 Å². The molecule has 1 aromatic carbocycles. The summed E-state index contributed by atoms with van der Waals surface area (Å²) in [5.74, 6) is -0.486. The van der Waals surface area contributed by atoms with Gasteiger partial charge in [0.2, 0.25) is 0 Å². The first-order valence-corrected chi connectivity index (χ1v) is 6.75. The van der Waals surface area contributed by atoms with Gasteiger partial charge in [-0.2, -0.15) is 0 Å². The van der Waals surface area contributed by atoms with Crippen LogP contribution >= 0.6 is 11.6 Å². The van der Waals surface area contributed by atoms with Crippen LogP contribution in [0, 0.1) is 5.82 Å². The summed E-state index contributed by atoms with van der Waals surface area (Å²) in [6.45, 7) is 1.51. The van der Waals surface area contributed by atoms with Gasteiger partial charge in [-0.05, 0) is 19.0 Å². The van der Waals surface area contributed by atoms with Gasteiger partial charge in [0.15, 0.2) is 0 Å². The lowest BCUT2D eigenvalue weighted by Crippen LogP contribution is -2.34. The number of nitrogens with one attached hydrogen (secondary N) is 1. The summed E-state index contributed by atoms with van der Waals surface area (Å²) in [7, 11) is 0. The van der Waals surface area contributed by atoms with Crippen molar-refractivity contribution in [2.45, 2.75) is 19.5 Å². The lowest BCUT2D eigenvalue weighted by molar-refractivity contribution is 0.576. The van der Waals surface area contributed by atoms with Crippen molar-refractivity contribution < 1.29 is 4.39 Å². The van der Waals surface area contributed by atoms with E-state index in [0.717, 1.165) is 12.2 Å². The van der Waals surface area contributed by atoms with Crippen molar-refractivity contribution in [3.05, 3.63) is 62.5 Å². The van der Waals surface area contributed by atoms with Gasteiger partial charge in [0.1, 0.15) is 5.82 Å². The molecule has 0 radical (unpaired) electrons. The Morgan fingerprint density at radius 2 is 2.30 bits per heavy atom. The van der Waals surface area contributed by atoms with Crippen molar-refractivity contribution in [2.24, 2.45) is 0 Å². The van der Waals surface area contributed by atoms with E-state index in [1.807, 2.05) is 0 Å². The zero-order valence-electron chi connectivity index (χ0n) is 10.7. The van der Waals surface area contributed by atoms with Crippen LogP contribution in [0.3, 0.4) is 0 Å². The van der Waals surface area contributed by atoms with Gasteiger partial charge in [0.05, 0.1) is 23.6 Å². The Morgan fingerprint density at radius 1 is 1.45 bits per heavy atom. The van der Waals surface area contributed by atoms with Crippen LogP contribution in [0.5, 0.6) is 0 Å². The maximum absolute atomic E-state index is 13.9. The molecule has 0 fully saturated rings. The van der Waals surface area contributed by atoms with Crippen molar-refractivity contribution in [3.63, 3.8) is 0 Å². The highest BCUT2D eigenvalue weighted by molar-refractivity contribution is 6.30. The summed E-state index contributed by atoms with van der Waals surface area (Å²) >= 11 is 5.75. The molecule has 0 atom stereocenters. The second-order valence-electron chi connectivity index (χ2n) is 4.74. The van der Waals surface area contributed by atoms with Crippen molar-refractivity contribution in [1.29, 1.82) is 0 Å². The largest absolute Gasteiger partial charge is 0.311 e. The molecule has 0 saturated heterocycles. The highest BCUT2D eigenvalue weighted by Gasteiger charge is 2.16. The van der Waals surface area contributed by atoms with E-state index in [4.69, 9.17) is 11.6 Å². The summed E-state index contributed by atoms with van der Waals surface area (Å²) in [6.07, 6.45) is 2.12. The SMILES string of the molecule is O=c1c2c(ncn1Cc1cccc(Cl)c1F)CNCC2. The van der Waals surface area contributed by atoms with E-state index in [1.165, 1.54) is 17.0 Å². The van der Waals surface area contributed by atoms with Crippen LogP contribution < -0.4 is 10.9 Å². The maximum Gasteiger partial charge on any atom is 0.257 e. The molecule has 3 rings (SSSR count). The molecule has 0 saturated carbocycles. The van der Waals surface area contributed by atoms with Crippen LogP contribution in [0.1, 0.15) is 16.8 Å². The molecule has 4 nitrogen and oxygen atoms in total. The van der Waals surface area contributed by atoms with E-state index in [2.05, 4.69) is 10.3 Å². The van der Waals surface area contributed by atoms with Gasteiger partial charge in [0.25, 0.3) is 5.56 Å². The molecule has 0 spiro atoms. The van der Waals surface area contributed by atoms with Gasteiger partial charge in [-0.15, -0.1) is 0 Å². The quantitative estimate of drug-likeness (QED) is 0.917. The summed E-state index contributed by atoms with van der Waals surface area (Å²) in [5, 5.41) is 3.23. The van der Waals surface area contributed by atoms with Crippen LogP contribution in [0.4, 0.5) is 4.39 Å². The number of benzene rings is 1. The number of halogens is 2. The van der Waals surface area contributed by atoms with Crippen LogP contribution in [-0.4, -0.2) is 16.1 Å². The predicted molar refractivity (Wildman–Crippen MR) is 74.4 cm³/mol. The molecule has 104 valence electrons. The van der Waals surface area contributed by atoms with Gasteiger partial charge < -0.3 is 5.32 Å². The van der Waals surface area contributed by atoms with Crippen molar-refractivity contribution >= 4 is 11.6 Å². The van der Waals surface area contributed by atoms with E-state index in [1.54, 1.807) is 12.1 Å². The highest BCUT2D eigenvalue weighted by atomic mass is 35.5. The van der Waals surface area contributed by atoms with E-state index in [9.17, 15) is 9.18 Å². The molecule has 1 aliphatic heterocycles. The minimum Gasteiger partial charge on any atom is -0.311 e. The van der Waals surface area contributed by atoms with Crippen molar-refractivity contribution in [3.8, 4) is 0 Å². The molecule has 6 heteroatoms. The van der Waals surface area contributed by atoms with E-state index in [-0.39, 0.29) is 17.1 Å². The zero-order chi connectivity index (χ0) is 14.1. The lowest BCUT2D eigenvalue weighted by Gasteiger charge is -2.17. The number of aromatic nitrogens is 2. The van der Waals surface area contributed by atoms with Gasteiger partial charge in [-0.25, -0.2) is 9.37 Å². The maximum atomic E-state index is 13.9. The molecular formula is C14H13ClFN3O. The van der Waals surface area contributed by atoms with E-state index < -0.39 is 5.82 Å². The third-order valence-corrected chi connectivity index (χ3v) is 3.73. The van der Waals surface area contributed by atoms with E-state index >= 15 is 0 Å². The fraction of sp³-hybridized carbons (Fsp3) is 0.286. The molecule has 1 aliphatic rings. The average Bonchev–Trinajstić information content (AvgIpc) is 2.47. The first-order valence-electron chi connectivity index (χ1n) is 6.37. The minimum absolute atomic E-state index is 0.0608. The fourth-order valence-electron chi connectivity index (χ4n) is 2.36. The Hall–Kier alpha value is -1.72. The Balaban J connectivity index is 1.99. The van der Waals surface area contributed by atoms with Gasteiger partial charge in [-0.1, -0.05) is 23.7 Å². The summed E-state index contributed by atoms with van der Waals surface area (Å²) < 4.78 is 15.3. The lowest BCUT2D eigenvalue weighted by atomic mass is 10.1. The molecule has 0 unspecified atom stereocenters. The molecule has 2 aromatic rings. The number of hydrogen-bond donors (Lipinski definition) is 1. The molecule has 2 heterocycles. The first kappa shape index (κ1) is 13.3. The standard InChI is InChI=1S/C14H13ClFN3O/c15-11-3-1-2-9(13(11)16)7-19-8-18-12-6-17-5-4-10(12)14(19)20/h1-3,8,17H,4-7H2. The van der Waals surface area contributed by atoms with Gasteiger partial charge >= 0.3 is 0 Å². The second kappa shape index (κ2) is 5.34. The molecular weight excluding hydrogens is 281 g/mol. The molecule has 0 bridgehead atoms. The number of hydrogen-bond acceptors (Lipinski definition) is 3. The van der Waals surface area contributed by atoms with Gasteiger partial charge in [0, 0.05) is 17.7 Å². The molecule has 1 N–H and O–H groups in total. The Bertz CT molecular complexity index is 714. The number of nitrogens with zero attached hydrogens (tertiary/aromatic N) is 2.